The lowest BCUT2D eigenvalue weighted by Gasteiger charge is -2.27. The molecule has 1 fully saturated rings. The normalized spacial score (nSPS) is 17.9. The van der Waals surface area contributed by atoms with Crippen LogP contribution in [0, 0.1) is 6.92 Å². The van der Waals surface area contributed by atoms with Crippen LogP contribution in [0.25, 0.3) is 5.76 Å². The number of rotatable bonds is 3. The minimum absolute atomic E-state index is 0.0486. The minimum Gasteiger partial charge on any atom is -0.507 e. The number of amides is 1. The van der Waals surface area contributed by atoms with Crippen molar-refractivity contribution < 1.29 is 14.7 Å². The Hall–Kier alpha value is -2.89. The van der Waals surface area contributed by atoms with Crippen LogP contribution in [0.4, 0.5) is 5.69 Å². The number of aliphatic hydroxyl groups is 1. The van der Waals surface area contributed by atoms with Gasteiger partial charge in [-0.2, -0.15) is 0 Å². The fourth-order valence-corrected chi connectivity index (χ4v) is 4.57. The maximum atomic E-state index is 13.3. The van der Waals surface area contributed by atoms with Crippen molar-refractivity contribution in [1.29, 1.82) is 0 Å². The van der Waals surface area contributed by atoms with E-state index in [2.05, 4.69) is 36.7 Å². The fraction of sp³-hybridized carbons (Fsp3) is 0.214. The molecule has 34 heavy (non-hydrogen) atoms. The predicted molar refractivity (Wildman–Crippen MR) is 140 cm³/mol. The van der Waals surface area contributed by atoms with Gasteiger partial charge in [0.05, 0.1) is 11.6 Å². The second-order valence-electron chi connectivity index (χ2n) is 9.48. The summed E-state index contributed by atoms with van der Waals surface area (Å²) in [4.78, 5) is 28.1. The van der Waals surface area contributed by atoms with Crippen molar-refractivity contribution in [3.63, 3.8) is 0 Å². The Morgan fingerprint density at radius 1 is 0.971 bits per heavy atom. The molecule has 1 atom stereocenters. The zero-order valence-electron chi connectivity index (χ0n) is 19.4. The Labute approximate surface area is 213 Å². The van der Waals surface area contributed by atoms with E-state index in [9.17, 15) is 14.7 Å². The zero-order valence-corrected chi connectivity index (χ0v) is 21.7. The molecule has 6 heteroatoms. The van der Waals surface area contributed by atoms with Crippen LogP contribution in [0.1, 0.15) is 49.1 Å². The molecule has 0 aliphatic carbocycles. The van der Waals surface area contributed by atoms with Crippen LogP contribution >= 0.6 is 27.5 Å². The minimum atomic E-state index is -0.778. The number of halogens is 2. The summed E-state index contributed by atoms with van der Waals surface area (Å²) in [5.74, 6) is -1.64. The quantitative estimate of drug-likeness (QED) is 0.216. The highest BCUT2D eigenvalue weighted by Crippen LogP contribution is 2.43. The van der Waals surface area contributed by atoms with Crippen LogP contribution in [-0.4, -0.2) is 16.8 Å². The molecule has 3 aromatic carbocycles. The zero-order chi connectivity index (χ0) is 24.8. The van der Waals surface area contributed by atoms with Gasteiger partial charge in [0.1, 0.15) is 5.76 Å². The monoisotopic (exact) mass is 537 g/mol. The first-order valence-electron chi connectivity index (χ1n) is 10.9. The van der Waals surface area contributed by atoms with E-state index in [4.69, 9.17) is 11.6 Å². The van der Waals surface area contributed by atoms with E-state index in [0.29, 0.717) is 16.3 Å². The van der Waals surface area contributed by atoms with Crippen LogP contribution in [0.15, 0.2) is 76.8 Å². The van der Waals surface area contributed by atoms with Crippen molar-refractivity contribution in [2.24, 2.45) is 0 Å². The van der Waals surface area contributed by atoms with E-state index in [1.165, 1.54) is 4.90 Å². The molecule has 3 aromatic rings. The maximum Gasteiger partial charge on any atom is 0.300 e. The molecule has 1 aliphatic rings. The van der Waals surface area contributed by atoms with Crippen LogP contribution < -0.4 is 4.90 Å². The van der Waals surface area contributed by atoms with Gasteiger partial charge in [0, 0.05) is 20.7 Å². The number of benzene rings is 3. The molecule has 0 radical (unpaired) electrons. The maximum absolute atomic E-state index is 13.3. The van der Waals surface area contributed by atoms with Gasteiger partial charge >= 0.3 is 0 Å². The first-order valence-corrected chi connectivity index (χ1v) is 12.1. The summed E-state index contributed by atoms with van der Waals surface area (Å²) in [5.41, 5.74) is 3.86. The summed E-state index contributed by atoms with van der Waals surface area (Å²) in [6.45, 7) is 8.32. The van der Waals surface area contributed by atoms with Crippen molar-refractivity contribution in [3.8, 4) is 0 Å². The molecule has 0 bridgehead atoms. The predicted octanol–water partition coefficient (Wildman–Crippen LogP) is 7.33. The van der Waals surface area contributed by atoms with Gasteiger partial charge in [-0.1, -0.05) is 78.6 Å². The summed E-state index contributed by atoms with van der Waals surface area (Å²) < 4.78 is 0.825. The van der Waals surface area contributed by atoms with Crippen LogP contribution in [0.3, 0.4) is 0 Å². The van der Waals surface area contributed by atoms with Crippen molar-refractivity contribution >= 4 is 50.7 Å². The number of carbonyl (C=O) groups is 2. The fourth-order valence-electron chi connectivity index (χ4n) is 4.07. The molecular formula is C28H25BrClNO3. The molecule has 1 unspecified atom stereocenters. The number of hydrogen-bond donors (Lipinski definition) is 1. The third kappa shape index (κ3) is 4.42. The van der Waals surface area contributed by atoms with Crippen LogP contribution in [0.2, 0.25) is 5.02 Å². The second-order valence-corrected chi connectivity index (χ2v) is 10.8. The second kappa shape index (κ2) is 9.05. The summed E-state index contributed by atoms with van der Waals surface area (Å²) in [7, 11) is 0. The molecule has 4 nitrogen and oxygen atoms in total. The number of carbonyl (C=O) groups excluding carboxylic acids is 2. The molecule has 1 aliphatic heterocycles. The third-order valence-corrected chi connectivity index (χ3v) is 7.19. The number of aryl methyl sites for hydroxylation is 1. The standard InChI is InChI=1S/C28H25BrClNO3/c1-16-5-14-21(15-22(16)29)31-24(17-6-10-19(11-7-17)28(2,3)4)23(26(33)27(31)34)25(32)18-8-12-20(30)13-9-18/h5-15,24,32H,1-4H3/b25-23+. The molecule has 0 spiro atoms. The lowest BCUT2D eigenvalue weighted by Crippen LogP contribution is -2.29. The molecule has 1 amide bonds. The number of anilines is 1. The molecule has 0 saturated carbocycles. The van der Waals surface area contributed by atoms with Crippen LogP contribution in [-0.2, 0) is 15.0 Å². The number of ketones is 1. The molecule has 0 aromatic heterocycles. The van der Waals surface area contributed by atoms with Gasteiger partial charge in [0.25, 0.3) is 11.7 Å². The molecule has 1 heterocycles. The Morgan fingerprint density at radius 3 is 2.15 bits per heavy atom. The van der Waals surface area contributed by atoms with Gasteiger partial charge in [0.2, 0.25) is 0 Å². The molecule has 174 valence electrons. The highest BCUT2D eigenvalue weighted by atomic mass is 79.9. The van der Waals surface area contributed by atoms with E-state index in [1.807, 2.05) is 49.4 Å². The highest BCUT2D eigenvalue weighted by molar-refractivity contribution is 9.10. The average molecular weight is 539 g/mol. The molecular weight excluding hydrogens is 514 g/mol. The number of nitrogens with zero attached hydrogens (tertiary/aromatic N) is 1. The largest absolute Gasteiger partial charge is 0.507 e. The first-order chi connectivity index (χ1) is 16.0. The van der Waals surface area contributed by atoms with Gasteiger partial charge in [0.15, 0.2) is 0 Å². The van der Waals surface area contributed by atoms with E-state index >= 15 is 0 Å². The average Bonchev–Trinajstić information content (AvgIpc) is 3.06. The van der Waals surface area contributed by atoms with Gasteiger partial charge in [-0.05, 0) is 65.4 Å². The lowest BCUT2D eigenvalue weighted by atomic mass is 9.85. The smallest absolute Gasteiger partial charge is 0.300 e. The molecule has 1 saturated heterocycles. The number of Topliss-reactive ketones (excluding diaryl/α,β-unsaturated/α-hetero) is 1. The number of hydrogen-bond acceptors (Lipinski definition) is 3. The Morgan fingerprint density at radius 2 is 1.59 bits per heavy atom. The van der Waals surface area contributed by atoms with Crippen molar-refractivity contribution in [1.82, 2.24) is 0 Å². The summed E-state index contributed by atoms with van der Waals surface area (Å²) >= 11 is 9.53. The number of aliphatic hydroxyl groups excluding tert-OH is 1. The van der Waals surface area contributed by atoms with E-state index in [-0.39, 0.29) is 16.7 Å². The van der Waals surface area contributed by atoms with Crippen molar-refractivity contribution in [2.75, 3.05) is 4.90 Å². The lowest BCUT2D eigenvalue weighted by molar-refractivity contribution is -0.132. The Kier molecular flexibility index (Phi) is 6.45. The molecule has 1 N–H and O–H groups in total. The first kappa shape index (κ1) is 24.2. The Balaban J connectivity index is 1.93. The van der Waals surface area contributed by atoms with E-state index < -0.39 is 17.7 Å². The van der Waals surface area contributed by atoms with E-state index in [1.54, 1.807) is 24.3 Å². The highest BCUT2D eigenvalue weighted by Gasteiger charge is 2.47. The summed E-state index contributed by atoms with van der Waals surface area (Å²) in [5, 5.41) is 11.7. The Bertz CT molecular complexity index is 1300. The topological polar surface area (TPSA) is 57.6 Å². The van der Waals surface area contributed by atoms with Gasteiger partial charge in [-0.25, -0.2) is 0 Å². The van der Waals surface area contributed by atoms with Gasteiger partial charge in [-0.3, -0.25) is 14.5 Å². The van der Waals surface area contributed by atoms with Gasteiger partial charge < -0.3 is 5.11 Å². The summed E-state index contributed by atoms with van der Waals surface area (Å²) in [6, 6.07) is 19.1. The van der Waals surface area contributed by atoms with Gasteiger partial charge in [-0.15, -0.1) is 0 Å². The van der Waals surface area contributed by atoms with Crippen LogP contribution in [0.5, 0.6) is 0 Å². The van der Waals surface area contributed by atoms with Crippen molar-refractivity contribution in [2.45, 2.75) is 39.2 Å². The summed E-state index contributed by atoms with van der Waals surface area (Å²) in [6.07, 6.45) is 0. The third-order valence-electron chi connectivity index (χ3n) is 6.09. The molecule has 4 rings (SSSR count). The SMILES string of the molecule is Cc1ccc(N2C(=O)C(=O)/C(=C(/O)c3ccc(Cl)cc3)C2c2ccc(C(C)(C)C)cc2)cc1Br. The van der Waals surface area contributed by atoms with Crippen molar-refractivity contribution in [3.05, 3.63) is 104 Å². The van der Waals surface area contributed by atoms with E-state index in [0.717, 1.165) is 21.2 Å².